The van der Waals surface area contributed by atoms with Crippen LogP contribution in [0.3, 0.4) is 0 Å². The van der Waals surface area contributed by atoms with Gasteiger partial charge in [0, 0.05) is 19.7 Å². The molecule has 0 heterocycles. The molecule has 1 rings (SSSR count). The normalized spacial score (nSPS) is 12.7. The highest BCUT2D eigenvalue weighted by atomic mass is 127. The molecule has 0 aliphatic heterocycles. The lowest BCUT2D eigenvalue weighted by Gasteiger charge is -2.13. The maximum Gasteiger partial charge on any atom is 0.188 e. The second kappa shape index (κ2) is 10.0. The van der Waals surface area contributed by atoms with Crippen molar-refractivity contribution in [3.63, 3.8) is 0 Å². The number of aliphatic imine (C=N–C) groups is 1. The van der Waals surface area contributed by atoms with Gasteiger partial charge < -0.3 is 15.8 Å². The number of rotatable bonds is 6. The predicted octanol–water partition coefficient (Wildman–Crippen LogP) is 2.09. The minimum Gasteiger partial charge on any atom is -0.383 e. The molecule has 5 heteroatoms. The van der Waals surface area contributed by atoms with Crippen molar-refractivity contribution >= 4 is 29.9 Å². The topological polar surface area (TPSA) is 59.6 Å². The smallest absolute Gasteiger partial charge is 0.188 e. The van der Waals surface area contributed by atoms with E-state index in [1.54, 1.807) is 7.11 Å². The van der Waals surface area contributed by atoms with E-state index in [-0.39, 0.29) is 30.0 Å². The van der Waals surface area contributed by atoms with E-state index >= 15 is 0 Å². The maximum absolute atomic E-state index is 5.79. The van der Waals surface area contributed by atoms with Crippen LogP contribution in [0.5, 0.6) is 0 Å². The predicted molar refractivity (Wildman–Crippen MR) is 91.3 cm³/mol. The first-order valence-corrected chi connectivity index (χ1v) is 6.23. The number of halogens is 1. The SMILES string of the molecule is COCC(C)NC(N)=NCCc1ccccc1C.I. The van der Waals surface area contributed by atoms with Crippen LogP contribution in [0.1, 0.15) is 18.1 Å². The molecule has 0 aromatic heterocycles. The number of ether oxygens (including phenoxy) is 1. The summed E-state index contributed by atoms with van der Waals surface area (Å²) in [6.07, 6.45) is 0.910. The molecule has 3 N–H and O–H groups in total. The number of hydrogen-bond donors (Lipinski definition) is 2. The van der Waals surface area contributed by atoms with Crippen LogP contribution < -0.4 is 11.1 Å². The molecule has 0 fully saturated rings. The molecule has 0 bridgehead atoms. The van der Waals surface area contributed by atoms with Gasteiger partial charge in [0.1, 0.15) is 0 Å². The molecule has 0 aliphatic carbocycles. The maximum atomic E-state index is 5.79. The molecule has 4 nitrogen and oxygen atoms in total. The van der Waals surface area contributed by atoms with Crippen molar-refractivity contribution in [1.82, 2.24) is 5.32 Å². The van der Waals surface area contributed by atoms with Gasteiger partial charge >= 0.3 is 0 Å². The number of nitrogens with two attached hydrogens (primary N) is 1. The first-order valence-electron chi connectivity index (χ1n) is 6.23. The molecule has 0 spiro atoms. The fourth-order valence-corrected chi connectivity index (χ4v) is 1.78. The monoisotopic (exact) mass is 377 g/mol. The lowest BCUT2D eigenvalue weighted by molar-refractivity contribution is 0.179. The van der Waals surface area contributed by atoms with Gasteiger partial charge in [-0.05, 0) is 31.4 Å². The minimum atomic E-state index is 0. The fourth-order valence-electron chi connectivity index (χ4n) is 1.78. The average Bonchev–Trinajstić information content (AvgIpc) is 2.31. The largest absolute Gasteiger partial charge is 0.383 e. The third-order valence-electron chi connectivity index (χ3n) is 2.74. The van der Waals surface area contributed by atoms with Gasteiger partial charge in [0.25, 0.3) is 0 Å². The van der Waals surface area contributed by atoms with Gasteiger partial charge in [0.05, 0.1) is 6.61 Å². The Morgan fingerprint density at radius 3 is 2.74 bits per heavy atom. The van der Waals surface area contributed by atoms with Crippen LogP contribution >= 0.6 is 24.0 Å². The molecule has 0 amide bonds. The molecule has 1 aromatic rings. The summed E-state index contributed by atoms with van der Waals surface area (Å²) < 4.78 is 5.02. The van der Waals surface area contributed by atoms with E-state index in [0.717, 1.165) is 6.42 Å². The van der Waals surface area contributed by atoms with E-state index in [9.17, 15) is 0 Å². The number of nitrogens with one attached hydrogen (secondary N) is 1. The van der Waals surface area contributed by atoms with Gasteiger partial charge in [0.15, 0.2) is 5.96 Å². The zero-order valence-electron chi connectivity index (χ0n) is 11.8. The molecule has 0 radical (unpaired) electrons. The van der Waals surface area contributed by atoms with E-state index in [2.05, 4.69) is 29.4 Å². The fraction of sp³-hybridized carbons (Fsp3) is 0.500. The summed E-state index contributed by atoms with van der Waals surface area (Å²) in [5.74, 6) is 0.480. The molecular weight excluding hydrogens is 353 g/mol. The Morgan fingerprint density at radius 1 is 1.42 bits per heavy atom. The van der Waals surface area contributed by atoms with Gasteiger partial charge in [0.2, 0.25) is 0 Å². The molecular formula is C14H24IN3O. The number of hydrogen-bond acceptors (Lipinski definition) is 2. The molecule has 108 valence electrons. The quantitative estimate of drug-likeness (QED) is 0.454. The first kappa shape index (κ1) is 18.2. The van der Waals surface area contributed by atoms with E-state index in [1.165, 1.54) is 11.1 Å². The van der Waals surface area contributed by atoms with Crippen LogP contribution in [-0.2, 0) is 11.2 Å². The second-order valence-electron chi connectivity index (χ2n) is 4.44. The summed E-state index contributed by atoms with van der Waals surface area (Å²) in [5.41, 5.74) is 8.41. The highest BCUT2D eigenvalue weighted by Gasteiger charge is 2.01. The van der Waals surface area contributed by atoms with Gasteiger partial charge in [-0.15, -0.1) is 24.0 Å². The number of guanidine groups is 1. The van der Waals surface area contributed by atoms with Crippen molar-refractivity contribution < 1.29 is 4.74 Å². The molecule has 1 atom stereocenters. The summed E-state index contributed by atoms with van der Waals surface area (Å²) in [5, 5.41) is 3.08. The van der Waals surface area contributed by atoms with Crippen LogP contribution in [0.15, 0.2) is 29.3 Å². The van der Waals surface area contributed by atoms with E-state index in [4.69, 9.17) is 10.5 Å². The highest BCUT2D eigenvalue weighted by Crippen LogP contribution is 2.07. The van der Waals surface area contributed by atoms with Crippen molar-refractivity contribution in [2.45, 2.75) is 26.3 Å². The Kier molecular flexibility index (Phi) is 9.59. The van der Waals surface area contributed by atoms with Crippen LogP contribution in [0, 0.1) is 6.92 Å². The van der Waals surface area contributed by atoms with E-state index in [1.807, 2.05) is 19.1 Å². The second-order valence-corrected chi connectivity index (χ2v) is 4.44. The number of aryl methyl sites for hydroxylation is 1. The zero-order chi connectivity index (χ0) is 13.4. The van der Waals surface area contributed by atoms with Crippen molar-refractivity contribution in [1.29, 1.82) is 0 Å². The number of nitrogens with zero attached hydrogens (tertiary/aromatic N) is 1. The third kappa shape index (κ3) is 7.37. The lowest BCUT2D eigenvalue weighted by atomic mass is 10.1. The standard InChI is InChI=1S/C14H23N3O.HI/c1-11-6-4-5-7-13(11)8-9-16-14(15)17-12(2)10-18-3;/h4-7,12H,8-10H2,1-3H3,(H3,15,16,17);1H. The summed E-state index contributed by atoms with van der Waals surface area (Å²) >= 11 is 0. The van der Waals surface area contributed by atoms with Gasteiger partial charge in [-0.1, -0.05) is 24.3 Å². The summed E-state index contributed by atoms with van der Waals surface area (Å²) in [6.45, 7) is 5.44. The Hall–Kier alpha value is -0.820. The van der Waals surface area contributed by atoms with E-state index < -0.39 is 0 Å². The Labute approximate surface area is 132 Å². The Morgan fingerprint density at radius 2 is 2.11 bits per heavy atom. The van der Waals surface area contributed by atoms with Gasteiger partial charge in [-0.25, -0.2) is 0 Å². The number of methoxy groups -OCH3 is 1. The van der Waals surface area contributed by atoms with Crippen LogP contribution in [0.25, 0.3) is 0 Å². The summed E-state index contributed by atoms with van der Waals surface area (Å²) in [7, 11) is 1.67. The lowest BCUT2D eigenvalue weighted by Crippen LogP contribution is -2.40. The van der Waals surface area contributed by atoms with Crippen molar-refractivity contribution in [3.8, 4) is 0 Å². The average molecular weight is 377 g/mol. The first-order chi connectivity index (χ1) is 8.63. The van der Waals surface area contributed by atoms with Crippen molar-refractivity contribution in [3.05, 3.63) is 35.4 Å². The Balaban J connectivity index is 0.00000324. The van der Waals surface area contributed by atoms with Crippen LogP contribution in [0.2, 0.25) is 0 Å². The van der Waals surface area contributed by atoms with Gasteiger partial charge in [-0.2, -0.15) is 0 Å². The summed E-state index contributed by atoms with van der Waals surface area (Å²) in [6, 6.07) is 8.51. The summed E-state index contributed by atoms with van der Waals surface area (Å²) in [4.78, 5) is 4.31. The molecule has 1 aromatic carbocycles. The van der Waals surface area contributed by atoms with Crippen LogP contribution in [0.4, 0.5) is 0 Å². The minimum absolute atomic E-state index is 0. The molecule has 19 heavy (non-hydrogen) atoms. The zero-order valence-corrected chi connectivity index (χ0v) is 14.2. The number of benzene rings is 1. The molecule has 0 saturated heterocycles. The van der Waals surface area contributed by atoms with E-state index in [0.29, 0.717) is 19.1 Å². The van der Waals surface area contributed by atoms with Crippen molar-refractivity contribution in [2.75, 3.05) is 20.3 Å². The molecule has 0 saturated carbocycles. The molecule has 0 aliphatic rings. The highest BCUT2D eigenvalue weighted by molar-refractivity contribution is 14.0. The van der Waals surface area contributed by atoms with Gasteiger partial charge in [-0.3, -0.25) is 4.99 Å². The van der Waals surface area contributed by atoms with Crippen LogP contribution in [-0.4, -0.2) is 32.3 Å². The van der Waals surface area contributed by atoms with Crippen molar-refractivity contribution in [2.24, 2.45) is 10.7 Å². The Bertz CT molecular complexity index is 396. The third-order valence-corrected chi connectivity index (χ3v) is 2.74. The molecule has 1 unspecified atom stereocenters.